The van der Waals surface area contributed by atoms with E-state index in [4.69, 9.17) is 0 Å². The lowest BCUT2D eigenvalue weighted by atomic mass is 9.86. The summed E-state index contributed by atoms with van der Waals surface area (Å²) in [6, 6.07) is 2.51. The molecule has 0 saturated heterocycles. The van der Waals surface area contributed by atoms with Crippen molar-refractivity contribution in [3.8, 4) is 0 Å². The van der Waals surface area contributed by atoms with Gasteiger partial charge in [-0.25, -0.2) is 14.3 Å². The Balaban J connectivity index is 1.65. The van der Waals surface area contributed by atoms with Gasteiger partial charge in [0.15, 0.2) is 0 Å². The highest BCUT2D eigenvalue weighted by Crippen LogP contribution is 2.32. The van der Waals surface area contributed by atoms with Crippen molar-refractivity contribution in [2.24, 2.45) is 10.3 Å². The monoisotopic (exact) mass is 349 g/mol. The molecule has 1 unspecified atom stereocenters. The maximum absolute atomic E-state index is 12.4. The van der Waals surface area contributed by atoms with Crippen LogP contribution in [0.15, 0.2) is 23.0 Å². The van der Waals surface area contributed by atoms with E-state index in [0.29, 0.717) is 18.5 Å². The molecule has 1 fully saturated rings. The molecule has 1 aliphatic rings. The summed E-state index contributed by atoms with van der Waals surface area (Å²) in [5.74, 6) is 2.26. The fraction of sp³-hybridized carbons (Fsp3) is 0.647. The SMILES string of the molecule is CCN=S(C)(=O)C[C@H]1CC[C@H](N(C)c2ncnc3[nH]ccc23)CC1. The van der Waals surface area contributed by atoms with Crippen LogP contribution in [0.25, 0.3) is 11.0 Å². The average Bonchev–Trinajstić information content (AvgIpc) is 3.03. The van der Waals surface area contributed by atoms with Crippen LogP contribution in [0.4, 0.5) is 5.82 Å². The van der Waals surface area contributed by atoms with Gasteiger partial charge in [-0.3, -0.25) is 4.21 Å². The Hall–Kier alpha value is -1.63. The summed E-state index contributed by atoms with van der Waals surface area (Å²) >= 11 is 0. The molecule has 0 aromatic carbocycles. The van der Waals surface area contributed by atoms with E-state index in [1.54, 1.807) is 12.6 Å². The molecule has 7 heteroatoms. The molecule has 1 N–H and O–H groups in total. The van der Waals surface area contributed by atoms with Crippen LogP contribution >= 0.6 is 0 Å². The van der Waals surface area contributed by atoms with Gasteiger partial charge in [0.2, 0.25) is 0 Å². The molecule has 0 aliphatic heterocycles. The molecule has 0 bridgehead atoms. The van der Waals surface area contributed by atoms with Crippen LogP contribution in [0.5, 0.6) is 0 Å². The second-order valence-electron chi connectivity index (χ2n) is 6.79. The first-order valence-corrected chi connectivity index (χ1v) is 10.8. The third-order valence-electron chi connectivity index (χ3n) is 4.98. The zero-order valence-electron chi connectivity index (χ0n) is 14.7. The number of anilines is 1. The fourth-order valence-electron chi connectivity index (χ4n) is 3.77. The second-order valence-corrected chi connectivity index (χ2v) is 9.30. The lowest BCUT2D eigenvalue weighted by molar-refractivity contribution is 0.342. The Morgan fingerprint density at radius 1 is 1.33 bits per heavy atom. The predicted octanol–water partition coefficient (Wildman–Crippen LogP) is 3.07. The van der Waals surface area contributed by atoms with Gasteiger partial charge in [0.1, 0.15) is 17.8 Å². The number of nitrogens with zero attached hydrogens (tertiary/aromatic N) is 4. The molecule has 3 rings (SSSR count). The molecule has 1 aliphatic carbocycles. The number of rotatable bonds is 5. The average molecular weight is 350 g/mol. The molecule has 6 nitrogen and oxygen atoms in total. The van der Waals surface area contributed by atoms with Gasteiger partial charge < -0.3 is 9.88 Å². The standard InChI is InChI=1S/C17H27N5OS/c1-4-21-24(3,23)11-13-5-7-14(8-6-13)22(2)17-15-9-10-18-16(15)19-12-20-17/h9-10,12-14H,4-8,11H2,1-3H3,(H,18,19,20)/t13-,14-,24?. The second kappa shape index (κ2) is 7.09. The molecule has 1 atom stereocenters. The van der Waals surface area contributed by atoms with Crippen molar-refractivity contribution in [3.63, 3.8) is 0 Å². The minimum absolute atomic E-state index is 0.477. The van der Waals surface area contributed by atoms with Crippen LogP contribution in [-0.4, -0.2) is 50.8 Å². The highest BCUT2D eigenvalue weighted by molar-refractivity contribution is 7.92. The molecule has 2 aromatic rings. The van der Waals surface area contributed by atoms with E-state index >= 15 is 0 Å². The number of hydrogen-bond donors (Lipinski definition) is 1. The molecule has 1 saturated carbocycles. The minimum Gasteiger partial charge on any atom is -0.356 e. The zero-order valence-corrected chi connectivity index (χ0v) is 15.6. The molecule has 0 radical (unpaired) electrons. The Kier molecular flexibility index (Phi) is 5.08. The Morgan fingerprint density at radius 2 is 2.08 bits per heavy atom. The molecule has 2 heterocycles. The number of H-pyrrole nitrogens is 1. The van der Waals surface area contributed by atoms with Crippen molar-refractivity contribution in [1.82, 2.24) is 15.0 Å². The number of fused-ring (bicyclic) bond motifs is 1. The normalized spacial score (nSPS) is 23.8. The molecular formula is C17H27N5OS. The van der Waals surface area contributed by atoms with Crippen LogP contribution in [0.3, 0.4) is 0 Å². The van der Waals surface area contributed by atoms with Crippen molar-refractivity contribution < 1.29 is 4.21 Å². The van der Waals surface area contributed by atoms with E-state index in [-0.39, 0.29) is 0 Å². The Morgan fingerprint density at radius 3 is 2.79 bits per heavy atom. The van der Waals surface area contributed by atoms with Gasteiger partial charge in [-0.05, 0) is 44.6 Å². The molecule has 2 aromatic heterocycles. The summed E-state index contributed by atoms with van der Waals surface area (Å²) in [6.45, 7) is 2.60. The van der Waals surface area contributed by atoms with Crippen LogP contribution in [0, 0.1) is 5.92 Å². The summed E-state index contributed by atoms with van der Waals surface area (Å²) in [7, 11) is 0.114. The van der Waals surface area contributed by atoms with Crippen LogP contribution in [0.1, 0.15) is 32.6 Å². The van der Waals surface area contributed by atoms with Gasteiger partial charge in [-0.15, -0.1) is 0 Å². The van der Waals surface area contributed by atoms with E-state index in [9.17, 15) is 4.21 Å². The molecule has 24 heavy (non-hydrogen) atoms. The number of hydrogen-bond acceptors (Lipinski definition) is 5. The Labute approximate surface area is 144 Å². The van der Waals surface area contributed by atoms with Crippen LogP contribution in [0.2, 0.25) is 0 Å². The molecule has 0 spiro atoms. The number of aromatic nitrogens is 3. The van der Waals surface area contributed by atoms with Gasteiger partial charge in [0, 0.05) is 47.6 Å². The van der Waals surface area contributed by atoms with Crippen molar-refractivity contribution in [2.45, 2.75) is 38.6 Å². The largest absolute Gasteiger partial charge is 0.356 e. The van der Waals surface area contributed by atoms with E-state index in [2.05, 4.69) is 31.3 Å². The molecule has 0 amide bonds. The summed E-state index contributed by atoms with van der Waals surface area (Å²) < 4.78 is 16.7. The summed E-state index contributed by atoms with van der Waals surface area (Å²) in [6.07, 6.45) is 9.77. The highest BCUT2D eigenvalue weighted by Gasteiger charge is 2.27. The lowest BCUT2D eigenvalue weighted by Crippen LogP contribution is -2.36. The van der Waals surface area contributed by atoms with E-state index in [1.165, 1.54) is 0 Å². The van der Waals surface area contributed by atoms with Crippen LogP contribution in [-0.2, 0) is 9.73 Å². The predicted molar refractivity (Wildman–Crippen MR) is 99.9 cm³/mol. The lowest BCUT2D eigenvalue weighted by Gasteiger charge is -2.35. The van der Waals surface area contributed by atoms with Gasteiger partial charge >= 0.3 is 0 Å². The topological polar surface area (TPSA) is 74.2 Å². The van der Waals surface area contributed by atoms with Crippen molar-refractivity contribution in [1.29, 1.82) is 0 Å². The van der Waals surface area contributed by atoms with Crippen molar-refractivity contribution in [2.75, 3.05) is 30.5 Å². The van der Waals surface area contributed by atoms with Gasteiger partial charge in [-0.1, -0.05) is 0 Å². The first-order chi connectivity index (χ1) is 11.5. The Bertz CT molecular complexity index is 800. The van der Waals surface area contributed by atoms with Gasteiger partial charge in [-0.2, -0.15) is 0 Å². The third kappa shape index (κ3) is 3.71. The first kappa shape index (κ1) is 17.2. The first-order valence-electron chi connectivity index (χ1n) is 8.66. The molecule has 132 valence electrons. The van der Waals surface area contributed by atoms with Gasteiger partial charge in [0.05, 0.1) is 5.39 Å². The summed E-state index contributed by atoms with van der Waals surface area (Å²) in [5, 5.41) is 1.07. The van der Waals surface area contributed by atoms with Crippen molar-refractivity contribution >= 4 is 26.6 Å². The number of nitrogens with one attached hydrogen (secondary N) is 1. The quantitative estimate of drug-likeness (QED) is 0.900. The van der Waals surface area contributed by atoms with Gasteiger partial charge in [0.25, 0.3) is 0 Å². The van der Waals surface area contributed by atoms with E-state index in [1.807, 2.05) is 19.2 Å². The fourth-order valence-corrected chi connectivity index (χ4v) is 5.63. The van der Waals surface area contributed by atoms with Crippen molar-refractivity contribution in [3.05, 3.63) is 18.6 Å². The van der Waals surface area contributed by atoms with E-state index < -0.39 is 9.73 Å². The summed E-state index contributed by atoms with van der Waals surface area (Å²) in [5.41, 5.74) is 0.882. The smallest absolute Gasteiger partial charge is 0.142 e. The maximum atomic E-state index is 12.4. The number of aromatic amines is 1. The highest BCUT2D eigenvalue weighted by atomic mass is 32.2. The van der Waals surface area contributed by atoms with E-state index in [0.717, 1.165) is 48.3 Å². The maximum Gasteiger partial charge on any atom is 0.142 e. The minimum atomic E-state index is -2.01. The molecular weight excluding hydrogens is 322 g/mol. The third-order valence-corrected chi connectivity index (χ3v) is 6.87. The zero-order chi connectivity index (χ0) is 17.2. The van der Waals surface area contributed by atoms with Crippen LogP contribution < -0.4 is 4.90 Å². The summed E-state index contributed by atoms with van der Waals surface area (Å²) in [4.78, 5) is 14.2.